The highest BCUT2D eigenvalue weighted by Gasteiger charge is 2.27. The number of rotatable bonds is 2. The molecule has 5 heteroatoms. The van der Waals surface area contributed by atoms with Crippen molar-refractivity contribution in [2.75, 3.05) is 13.1 Å². The molecule has 0 aromatic rings. The second-order valence-electron chi connectivity index (χ2n) is 4.04. The van der Waals surface area contributed by atoms with Crippen molar-refractivity contribution < 1.29 is 9.53 Å². The zero-order valence-corrected chi connectivity index (χ0v) is 9.44. The van der Waals surface area contributed by atoms with Gasteiger partial charge in [0, 0.05) is 0 Å². The summed E-state index contributed by atoms with van der Waals surface area (Å²) in [5.41, 5.74) is 0. The van der Waals surface area contributed by atoms with E-state index in [2.05, 4.69) is 10.6 Å². The Bertz CT molecular complexity index is 232. The van der Waals surface area contributed by atoms with Crippen LogP contribution in [0.2, 0.25) is 0 Å². The van der Waals surface area contributed by atoms with Crippen molar-refractivity contribution in [3.8, 4) is 0 Å². The average Bonchev–Trinajstić information content (AvgIpc) is 2.91. The molecule has 4 nitrogen and oxygen atoms in total. The molecule has 2 N–H and O–H groups in total. The predicted octanol–water partition coefficient (Wildman–Crippen LogP) is 0.361. The molecule has 2 aliphatic rings. The van der Waals surface area contributed by atoms with Crippen LogP contribution in [0.5, 0.6) is 0 Å². The molecule has 2 rings (SSSR count). The second-order valence-corrected chi connectivity index (χ2v) is 4.44. The molecule has 0 saturated carbocycles. The van der Waals surface area contributed by atoms with E-state index in [0.29, 0.717) is 5.05 Å². The Labute approximate surface area is 94.7 Å². The van der Waals surface area contributed by atoms with Gasteiger partial charge >= 0.3 is 5.97 Å². The molecular weight excluding hydrogens is 212 g/mol. The van der Waals surface area contributed by atoms with E-state index in [1.54, 1.807) is 0 Å². The lowest BCUT2D eigenvalue weighted by molar-refractivity contribution is -0.137. The molecule has 2 atom stereocenters. The van der Waals surface area contributed by atoms with Gasteiger partial charge in [0.1, 0.15) is 6.04 Å². The van der Waals surface area contributed by atoms with Crippen molar-refractivity contribution in [1.82, 2.24) is 10.6 Å². The molecule has 2 fully saturated rings. The molecule has 2 saturated heterocycles. The number of ether oxygens (including phenoxy) is 1. The van der Waals surface area contributed by atoms with Crippen LogP contribution in [0.3, 0.4) is 0 Å². The van der Waals surface area contributed by atoms with Gasteiger partial charge in [-0.15, -0.1) is 0 Å². The van der Waals surface area contributed by atoms with E-state index in [0.717, 1.165) is 38.8 Å². The van der Waals surface area contributed by atoms with Gasteiger partial charge in [-0.3, -0.25) is 0 Å². The smallest absolute Gasteiger partial charge is 0.329 e. The Balaban J connectivity index is 1.79. The number of hydrogen-bond acceptors (Lipinski definition) is 5. The first kappa shape index (κ1) is 11.0. The largest absolute Gasteiger partial charge is 0.416 e. The third-order valence-corrected chi connectivity index (χ3v) is 3.26. The normalized spacial score (nSPS) is 30.4. The number of thiocarbonyl (C=S) groups is 1. The molecule has 84 valence electrons. The molecule has 2 aliphatic heterocycles. The Morgan fingerprint density at radius 3 is 2.27 bits per heavy atom. The second kappa shape index (κ2) is 5.01. The maximum Gasteiger partial charge on any atom is 0.329 e. The summed E-state index contributed by atoms with van der Waals surface area (Å²) in [6, 6.07) is -0.0605. The standard InChI is InChI=1S/C10H16N2O2S/c13-9(7-3-1-5-11-7)14-10(15)8-4-2-6-12-8/h7-8,11-12H,1-6H2/t7-,8-/m0/s1. The van der Waals surface area contributed by atoms with E-state index in [1.165, 1.54) is 0 Å². The van der Waals surface area contributed by atoms with Crippen LogP contribution in [-0.4, -0.2) is 36.2 Å². The first-order chi connectivity index (χ1) is 7.27. The highest BCUT2D eigenvalue weighted by atomic mass is 32.1. The van der Waals surface area contributed by atoms with Crippen LogP contribution in [0.25, 0.3) is 0 Å². The molecule has 2 heterocycles. The van der Waals surface area contributed by atoms with Crippen LogP contribution < -0.4 is 10.6 Å². The SMILES string of the molecule is O=C(OC(=S)[C@@H]1CCCN1)[C@@H]1CCCN1. The van der Waals surface area contributed by atoms with E-state index < -0.39 is 0 Å². The van der Waals surface area contributed by atoms with Crippen LogP contribution in [0.15, 0.2) is 0 Å². The van der Waals surface area contributed by atoms with Gasteiger partial charge in [-0.05, 0) is 51.0 Å². The minimum Gasteiger partial charge on any atom is -0.416 e. The number of nitrogens with one attached hydrogen (secondary N) is 2. The van der Waals surface area contributed by atoms with Crippen molar-refractivity contribution in [2.24, 2.45) is 0 Å². The Morgan fingerprint density at radius 2 is 1.73 bits per heavy atom. The maximum atomic E-state index is 11.6. The lowest BCUT2D eigenvalue weighted by Crippen LogP contribution is -2.38. The van der Waals surface area contributed by atoms with E-state index in [9.17, 15) is 4.79 Å². The van der Waals surface area contributed by atoms with Crippen LogP contribution in [-0.2, 0) is 9.53 Å². The van der Waals surface area contributed by atoms with Crippen molar-refractivity contribution >= 4 is 23.2 Å². The van der Waals surface area contributed by atoms with Gasteiger partial charge in [0.25, 0.3) is 0 Å². The van der Waals surface area contributed by atoms with Crippen molar-refractivity contribution in [3.05, 3.63) is 0 Å². The fraction of sp³-hybridized carbons (Fsp3) is 0.800. The molecule has 0 amide bonds. The van der Waals surface area contributed by atoms with E-state index in [4.69, 9.17) is 17.0 Å². The summed E-state index contributed by atoms with van der Waals surface area (Å²) in [5, 5.41) is 6.72. The number of hydrogen-bond donors (Lipinski definition) is 2. The molecule has 0 aliphatic carbocycles. The predicted molar refractivity (Wildman–Crippen MR) is 60.7 cm³/mol. The summed E-state index contributed by atoms with van der Waals surface area (Å²) < 4.78 is 5.19. The number of carbonyl (C=O) groups is 1. The molecule has 0 aromatic carbocycles. The Kier molecular flexibility index (Phi) is 3.66. The van der Waals surface area contributed by atoms with Crippen molar-refractivity contribution in [3.63, 3.8) is 0 Å². The summed E-state index contributed by atoms with van der Waals surface area (Å²) in [6.07, 6.45) is 3.97. The van der Waals surface area contributed by atoms with Gasteiger partial charge in [-0.2, -0.15) is 0 Å². The highest BCUT2D eigenvalue weighted by Crippen LogP contribution is 2.11. The third-order valence-electron chi connectivity index (χ3n) is 2.89. The zero-order valence-electron chi connectivity index (χ0n) is 8.62. The molecule has 0 radical (unpaired) electrons. The number of carbonyl (C=O) groups excluding carboxylic acids is 1. The molecule has 0 aromatic heterocycles. The summed E-state index contributed by atoms with van der Waals surface area (Å²) in [7, 11) is 0. The third kappa shape index (κ3) is 2.74. The van der Waals surface area contributed by atoms with E-state index in [1.807, 2.05) is 0 Å². The summed E-state index contributed by atoms with van der Waals surface area (Å²) in [6.45, 7) is 1.86. The lowest BCUT2D eigenvalue weighted by atomic mass is 10.2. The molecule has 0 spiro atoms. The van der Waals surface area contributed by atoms with Gasteiger partial charge in [-0.1, -0.05) is 0 Å². The maximum absolute atomic E-state index is 11.6. The molecule has 0 bridgehead atoms. The van der Waals surface area contributed by atoms with Crippen LogP contribution in [0.4, 0.5) is 0 Å². The quantitative estimate of drug-likeness (QED) is 0.528. The van der Waals surface area contributed by atoms with Crippen molar-refractivity contribution in [2.45, 2.75) is 37.8 Å². The van der Waals surface area contributed by atoms with Gasteiger partial charge in [0.15, 0.2) is 5.05 Å². The summed E-state index contributed by atoms with van der Waals surface area (Å²) in [4.78, 5) is 11.6. The van der Waals surface area contributed by atoms with Crippen LogP contribution >= 0.6 is 12.2 Å². The average molecular weight is 228 g/mol. The molecule has 0 unspecified atom stereocenters. The van der Waals surface area contributed by atoms with Gasteiger partial charge in [0.05, 0.1) is 6.04 Å². The van der Waals surface area contributed by atoms with Crippen molar-refractivity contribution in [1.29, 1.82) is 0 Å². The fourth-order valence-corrected chi connectivity index (χ4v) is 2.30. The molecular formula is C10H16N2O2S. The Morgan fingerprint density at radius 1 is 1.13 bits per heavy atom. The van der Waals surface area contributed by atoms with E-state index >= 15 is 0 Å². The first-order valence-electron chi connectivity index (χ1n) is 5.49. The summed E-state index contributed by atoms with van der Waals surface area (Å²) >= 11 is 5.09. The topological polar surface area (TPSA) is 50.4 Å². The fourth-order valence-electron chi connectivity index (χ4n) is 2.01. The highest BCUT2D eigenvalue weighted by molar-refractivity contribution is 7.80. The summed E-state index contributed by atoms with van der Waals surface area (Å²) in [5.74, 6) is -0.216. The van der Waals surface area contributed by atoms with Crippen LogP contribution in [0, 0.1) is 0 Å². The van der Waals surface area contributed by atoms with Gasteiger partial charge < -0.3 is 15.4 Å². The first-order valence-corrected chi connectivity index (χ1v) is 5.90. The minimum atomic E-state index is -0.216. The molecule has 15 heavy (non-hydrogen) atoms. The lowest BCUT2D eigenvalue weighted by Gasteiger charge is -2.14. The zero-order chi connectivity index (χ0) is 10.7. The monoisotopic (exact) mass is 228 g/mol. The van der Waals surface area contributed by atoms with E-state index in [-0.39, 0.29) is 18.1 Å². The van der Waals surface area contributed by atoms with Gasteiger partial charge in [0.2, 0.25) is 0 Å². The number of esters is 1. The van der Waals surface area contributed by atoms with Crippen LogP contribution in [0.1, 0.15) is 25.7 Å². The van der Waals surface area contributed by atoms with Gasteiger partial charge in [-0.25, -0.2) is 4.79 Å². The Hall–Kier alpha value is -0.520. The minimum absolute atomic E-state index is 0.0883.